The lowest BCUT2D eigenvalue weighted by Gasteiger charge is -2.36. The van der Waals surface area contributed by atoms with E-state index in [4.69, 9.17) is 4.74 Å². The van der Waals surface area contributed by atoms with E-state index in [-0.39, 0.29) is 5.41 Å². The topological polar surface area (TPSA) is 47.0 Å². The summed E-state index contributed by atoms with van der Waals surface area (Å²) in [5.74, 6) is 0.867. The molecule has 3 rings (SSSR count). The highest BCUT2D eigenvalue weighted by Crippen LogP contribution is 2.44. The number of nitrogens with zero attached hydrogens (tertiary/aromatic N) is 2. The van der Waals surface area contributed by atoms with E-state index in [1.165, 1.54) is 42.8 Å². The summed E-state index contributed by atoms with van der Waals surface area (Å²) in [7, 11) is 1.71. The van der Waals surface area contributed by atoms with Gasteiger partial charge in [-0.3, -0.25) is 0 Å². The van der Waals surface area contributed by atoms with E-state index < -0.39 is 0 Å². The number of nitrogens with one attached hydrogen (secondary N) is 1. The number of aromatic nitrogens is 2. The van der Waals surface area contributed by atoms with Crippen molar-refractivity contribution in [2.75, 3.05) is 19.0 Å². The van der Waals surface area contributed by atoms with Crippen molar-refractivity contribution < 1.29 is 4.74 Å². The summed E-state index contributed by atoms with van der Waals surface area (Å²) in [6.45, 7) is 2.95. The minimum absolute atomic E-state index is 0.208. The fourth-order valence-electron chi connectivity index (χ4n) is 3.68. The summed E-state index contributed by atoms with van der Waals surface area (Å²) >= 11 is 1.45. The second kappa shape index (κ2) is 7.41. The van der Waals surface area contributed by atoms with Gasteiger partial charge in [-0.1, -0.05) is 43.2 Å². The Morgan fingerprint density at radius 2 is 2.00 bits per heavy atom. The standard InChI is InChI=1S/C18H25N3OS/c1-14(19-17-20-16(21-23-17)10-13-22-2)18(11-6-7-12-18)15-8-4-3-5-9-15/h3-5,8-9,14H,6-7,10-13H2,1-2H3,(H,19,20,21). The Morgan fingerprint density at radius 1 is 1.26 bits per heavy atom. The lowest BCUT2D eigenvalue weighted by atomic mass is 9.73. The summed E-state index contributed by atoms with van der Waals surface area (Å²) in [5, 5.41) is 4.55. The van der Waals surface area contributed by atoms with Gasteiger partial charge < -0.3 is 10.1 Å². The molecule has 1 atom stereocenters. The molecule has 1 aromatic carbocycles. The molecule has 0 saturated heterocycles. The van der Waals surface area contributed by atoms with E-state index >= 15 is 0 Å². The molecule has 1 unspecified atom stereocenters. The van der Waals surface area contributed by atoms with Crippen LogP contribution in [-0.2, 0) is 16.6 Å². The third kappa shape index (κ3) is 3.56. The van der Waals surface area contributed by atoms with Crippen LogP contribution in [0.3, 0.4) is 0 Å². The van der Waals surface area contributed by atoms with Crippen molar-refractivity contribution in [1.82, 2.24) is 9.36 Å². The SMILES string of the molecule is COCCc1nsc(NC(C)C2(c3ccccc3)CCCC2)n1. The van der Waals surface area contributed by atoms with E-state index in [9.17, 15) is 0 Å². The van der Waals surface area contributed by atoms with Crippen LogP contribution in [0.25, 0.3) is 0 Å². The molecule has 0 amide bonds. The number of rotatable bonds is 7. The normalized spacial score (nSPS) is 18.0. The Kier molecular flexibility index (Phi) is 5.28. The van der Waals surface area contributed by atoms with Gasteiger partial charge in [-0.05, 0) is 25.3 Å². The molecule has 1 aliphatic rings. The molecule has 1 N–H and O–H groups in total. The zero-order valence-corrected chi connectivity index (χ0v) is 14.7. The second-order valence-corrected chi connectivity index (χ2v) is 7.11. The van der Waals surface area contributed by atoms with Crippen LogP contribution >= 0.6 is 11.5 Å². The molecule has 0 radical (unpaired) electrons. The zero-order chi connectivity index (χ0) is 16.1. The van der Waals surface area contributed by atoms with Gasteiger partial charge in [0.05, 0.1) is 6.61 Å². The zero-order valence-electron chi connectivity index (χ0n) is 13.9. The molecular weight excluding hydrogens is 306 g/mol. The van der Waals surface area contributed by atoms with Gasteiger partial charge in [-0.2, -0.15) is 4.37 Å². The number of hydrogen-bond acceptors (Lipinski definition) is 5. The molecule has 1 aliphatic carbocycles. The van der Waals surface area contributed by atoms with Crippen molar-refractivity contribution in [2.45, 2.75) is 50.5 Å². The molecule has 5 heteroatoms. The molecule has 0 aliphatic heterocycles. The Morgan fingerprint density at radius 3 is 2.70 bits per heavy atom. The molecular formula is C18H25N3OS. The summed E-state index contributed by atoms with van der Waals surface area (Å²) < 4.78 is 9.51. The average Bonchev–Trinajstić information content (AvgIpc) is 3.24. The van der Waals surface area contributed by atoms with Gasteiger partial charge in [0.1, 0.15) is 5.82 Å². The predicted molar refractivity (Wildman–Crippen MR) is 95.2 cm³/mol. The number of methoxy groups -OCH3 is 1. The molecule has 124 valence electrons. The van der Waals surface area contributed by atoms with Gasteiger partial charge >= 0.3 is 0 Å². The van der Waals surface area contributed by atoms with Crippen LogP contribution in [0.5, 0.6) is 0 Å². The maximum Gasteiger partial charge on any atom is 0.202 e. The molecule has 0 bridgehead atoms. The summed E-state index contributed by atoms with van der Waals surface area (Å²) in [5.41, 5.74) is 1.65. The Labute approximate surface area is 142 Å². The van der Waals surface area contributed by atoms with Crippen molar-refractivity contribution in [3.05, 3.63) is 41.7 Å². The molecule has 4 nitrogen and oxygen atoms in total. The highest BCUT2D eigenvalue weighted by Gasteiger charge is 2.40. The van der Waals surface area contributed by atoms with Gasteiger partial charge in [0.2, 0.25) is 5.13 Å². The van der Waals surface area contributed by atoms with Crippen LogP contribution in [0.15, 0.2) is 30.3 Å². The van der Waals surface area contributed by atoms with Gasteiger partial charge in [0, 0.05) is 36.5 Å². The smallest absolute Gasteiger partial charge is 0.202 e. The number of anilines is 1. The maximum atomic E-state index is 5.10. The lowest BCUT2D eigenvalue weighted by molar-refractivity contribution is 0.201. The Bertz CT molecular complexity index is 608. The largest absolute Gasteiger partial charge is 0.384 e. The molecule has 1 saturated carbocycles. The number of benzene rings is 1. The minimum Gasteiger partial charge on any atom is -0.384 e. The quantitative estimate of drug-likeness (QED) is 0.832. The third-order valence-electron chi connectivity index (χ3n) is 5.01. The van der Waals surface area contributed by atoms with Gasteiger partial charge in [-0.15, -0.1) is 0 Å². The highest BCUT2D eigenvalue weighted by atomic mass is 32.1. The fraction of sp³-hybridized carbons (Fsp3) is 0.556. The van der Waals surface area contributed by atoms with Crippen molar-refractivity contribution in [1.29, 1.82) is 0 Å². The van der Waals surface area contributed by atoms with E-state index in [0.717, 1.165) is 17.4 Å². The van der Waals surface area contributed by atoms with Crippen molar-refractivity contribution in [2.24, 2.45) is 0 Å². The first kappa shape index (κ1) is 16.4. The van der Waals surface area contributed by atoms with Crippen LogP contribution in [0, 0.1) is 0 Å². The lowest BCUT2D eigenvalue weighted by Crippen LogP contribution is -2.40. The minimum atomic E-state index is 0.208. The third-order valence-corrected chi connectivity index (χ3v) is 5.70. The molecule has 1 aromatic heterocycles. The summed E-state index contributed by atoms with van der Waals surface area (Å²) in [6.07, 6.45) is 5.85. The van der Waals surface area contributed by atoms with Crippen LogP contribution in [0.1, 0.15) is 44.0 Å². The fourth-order valence-corrected chi connectivity index (χ4v) is 4.38. The van der Waals surface area contributed by atoms with E-state index in [1.807, 2.05) is 0 Å². The summed E-state index contributed by atoms with van der Waals surface area (Å²) in [4.78, 5) is 4.60. The second-order valence-electron chi connectivity index (χ2n) is 6.35. The maximum absolute atomic E-state index is 5.10. The first-order valence-corrected chi connectivity index (χ1v) is 9.15. The summed E-state index contributed by atoms with van der Waals surface area (Å²) in [6, 6.07) is 11.3. The van der Waals surface area contributed by atoms with Gasteiger partial charge in [0.15, 0.2) is 0 Å². The average molecular weight is 331 g/mol. The first-order chi connectivity index (χ1) is 11.2. The van der Waals surface area contributed by atoms with E-state index in [0.29, 0.717) is 12.6 Å². The Balaban J connectivity index is 1.74. The van der Waals surface area contributed by atoms with Crippen LogP contribution < -0.4 is 5.32 Å². The molecule has 1 fully saturated rings. The number of ether oxygens (including phenoxy) is 1. The highest BCUT2D eigenvalue weighted by molar-refractivity contribution is 7.09. The first-order valence-electron chi connectivity index (χ1n) is 8.38. The van der Waals surface area contributed by atoms with E-state index in [2.05, 4.69) is 51.9 Å². The van der Waals surface area contributed by atoms with Crippen molar-refractivity contribution in [3.63, 3.8) is 0 Å². The van der Waals surface area contributed by atoms with Crippen LogP contribution in [-0.4, -0.2) is 29.1 Å². The van der Waals surface area contributed by atoms with Gasteiger partial charge in [0.25, 0.3) is 0 Å². The predicted octanol–water partition coefficient (Wildman–Crippen LogP) is 4.04. The van der Waals surface area contributed by atoms with Crippen LogP contribution in [0.4, 0.5) is 5.13 Å². The van der Waals surface area contributed by atoms with Crippen LogP contribution in [0.2, 0.25) is 0 Å². The van der Waals surface area contributed by atoms with Crippen molar-refractivity contribution >= 4 is 16.7 Å². The Hall–Kier alpha value is -1.46. The number of hydrogen-bond donors (Lipinski definition) is 1. The van der Waals surface area contributed by atoms with Gasteiger partial charge in [-0.25, -0.2) is 4.98 Å². The molecule has 1 heterocycles. The van der Waals surface area contributed by atoms with E-state index in [1.54, 1.807) is 7.11 Å². The monoisotopic (exact) mass is 331 g/mol. The molecule has 23 heavy (non-hydrogen) atoms. The van der Waals surface area contributed by atoms with Crippen molar-refractivity contribution in [3.8, 4) is 0 Å². The molecule has 2 aromatic rings. The molecule has 0 spiro atoms.